The van der Waals surface area contributed by atoms with Crippen molar-refractivity contribution >= 4 is 0 Å². The van der Waals surface area contributed by atoms with Gasteiger partial charge in [-0.3, -0.25) is 0 Å². The molecule has 3 atom stereocenters. The predicted octanol–water partition coefficient (Wildman–Crippen LogP) is 2.39. The molecule has 0 aromatic rings. The molecule has 1 saturated carbocycles. The van der Waals surface area contributed by atoms with Crippen molar-refractivity contribution in [3.63, 3.8) is 0 Å². The van der Waals surface area contributed by atoms with Crippen LogP contribution in [0.3, 0.4) is 0 Å². The minimum absolute atomic E-state index is 0.152. The molecule has 3 nitrogen and oxygen atoms in total. The molecule has 3 rings (SSSR count). The smallest absolute Gasteiger partial charge is 0.168 e. The first-order valence-electron chi connectivity index (χ1n) is 6.94. The topological polar surface area (TPSA) is 38.7 Å². The molecule has 3 aliphatic rings. The summed E-state index contributed by atoms with van der Waals surface area (Å²) in [6.07, 6.45) is 11.7. The average molecular weight is 238 g/mol. The Morgan fingerprint density at radius 2 is 2.00 bits per heavy atom. The quantitative estimate of drug-likeness (QED) is 0.713. The maximum Gasteiger partial charge on any atom is 0.168 e. The normalized spacial score (nSPS) is 40.9. The van der Waals surface area contributed by atoms with Gasteiger partial charge in [0.1, 0.15) is 0 Å². The molecular weight excluding hydrogens is 216 g/mol. The van der Waals surface area contributed by atoms with Crippen LogP contribution in [-0.2, 0) is 9.47 Å². The summed E-state index contributed by atoms with van der Waals surface area (Å²) >= 11 is 0. The lowest BCUT2D eigenvalue weighted by molar-refractivity contribution is -0.190. The van der Waals surface area contributed by atoms with Crippen LogP contribution < -0.4 is 0 Å². The van der Waals surface area contributed by atoms with Gasteiger partial charge in [-0.05, 0) is 25.7 Å². The van der Waals surface area contributed by atoms with E-state index < -0.39 is 0 Å². The van der Waals surface area contributed by atoms with E-state index in [1.807, 2.05) is 0 Å². The second-order valence-corrected chi connectivity index (χ2v) is 5.66. The molecule has 1 saturated heterocycles. The minimum Gasteiger partial charge on any atom is -0.393 e. The highest BCUT2D eigenvalue weighted by atomic mass is 16.7. The highest BCUT2D eigenvalue weighted by molar-refractivity contribution is 5.01. The minimum atomic E-state index is -0.279. The SMILES string of the molecule is O[C@H]1CC=C[C@H]([C@H]2COC3(CCCCC3)O2)C1. The summed E-state index contributed by atoms with van der Waals surface area (Å²) < 4.78 is 12.1. The van der Waals surface area contributed by atoms with Crippen molar-refractivity contribution in [2.24, 2.45) is 5.92 Å². The van der Waals surface area contributed by atoms with Gasteiger partial charge < -0.3 is 14.6 Å². The van der Waals surface area contributed by atoms with Crippen LogP contribution in [0.4, 0.5) is 0 Å². The van der Waals surface area contributed by atoms with E-state index in [1.165, 1.54) is 19.3 Å². The number of aliphatic hydroxyl groups is 1. The fourth-order valence-corrected chi connectivity index (χ4v) is 3.32. The number of ether oxygens (including phenoxy) is 2. The van der Waals surface area contributed by atoms with Gasteiger partial charge >= 0.3 is 0 Å². The summed E-state index contributed by atoms with van der Waals surface area (Å²) in [5.74, 6) is 0.0548. The largest absolute Gasteiger partial charge is 0.393 e. The predicted molar refractivity (Wildman–Crippen MR) is 64.5 cm³/mol. The lowest BCUT2D eigenvalue weighted by Crippen LogP contribution is -2.35. The maximum absolute atomic E-state index is 9.69. The van der Waals surface area contributed by atoms with Gasteiger partial charge in [-0.2, -0.15) is 0 Å². The molecule has 0 radical (unpaired) electrons. The number of aliphatic hydroxyl groups excluding tert-OH is 1. The molecule has 0 aromatic carbocycles. The van der Waals surface area contributed by atoms with Gasteiger partial charge in [-0.15, -0.1) is 0 Å². The standard InChI is InChI=1S/C14H22O3/c15-12-6-4-5-11(9-12)13-10-16-14(17-13)7-2-1-3-8-14/h4-5,11-13,15H,1-3,6-10H2/t11-,12-,13+/m0/s1. The number of hydrogen-bond donors (Lipinski definition) is 1. The first kappa shape index (κ1) is 11.7. The third-order valence-electron chi connectivity index (χ3n) is 4.31. The van der Waals surface area contributed by atoms with Crippen molar-refractivity contribution < 1.29 is 14.6 Å². The lowest BCUT2D eigenvalue weighted by Gasteiger charge is -2.33. The van der Waals surface area contributed by atoms with Crippen molar-refractivity contribution in [1.82, 2.24) is 0 Å². The summed E-state index contributed by atoms with van der Waals surface area (Å²) in [4.78, 5) is 0. The summed E-state index contributed by atoms with van der Waals surface area (Å²) in [6.45, 7) is 0.696. The Morgan fingerprint density at radius 1 is 1.18 bits per heavy atom. The van der Waals surface area contributed by atoms with E-state index in [4.69, 9.17) is 9.47 Å². The van der Waals surface area contributed by atoms with Crippen LogP contribution in [0, 0.1) is 5.92 Å². The van der Waals surface area contributed by atoms with E-state index in [9.17, 15) is 5.11 Å². The molecule has 1 spiro atoms. The van der Waals surface area contributed by atoms with Gasteiger partial charge in [0.2, 0.25) is 0 Å². The van der Waals surface area contributed by atoms with Crippen molar-refractivity contribution in [2.45, 2.75) is 62.9 Å². The van der Waals surface area contributed by atoms with E-state index in [0.29, 0.717) is 12.5 Å². The molecule has 1 N–H and O–H groups in total. The zero-order chi connectivity index (χ0) is 11.7. The second kappa shape index (κ2) is 4.71. The molecule has 0 bridgehead atoms. The van der Waals surface area contributed by atoms with E-state index in [1.54, 1.807) is 0 Å². The van der Waals surface area contributed by atoms with Crippen molar-refractivity contribution in [3.8, 4) is 0 Å². The molecule has 0 amide bonds. The summed E-state index contributed by atoms with van der Waals surface area (Å²) in [7, 11) is 0. The maximum atomic E-state index is 9.69. The fourth-order valence-electron chi connectivity index (χ4n) is 3.32. The Labute approximate surface area is 103 Å². The average Bonchev–Trinajstić information content (AvgIpc) is 2.74. The van der Waals surface area contributed by atoms with Crippen molar-refractivity contribution in [1.29, 1.82) is 0 Å². The zero-order valence-electron chi connectivity index (χ0n) is 10.3. The zero-order valence-corrected chi connectivity index (χ0v) is 10.3. The molecular formula is C14H22O3. The summed E-state index contributed by atoms with van der Waals surface area (Å²) in [5.41, 5.74) is 0. The lowest BCUT2D eigenvalue weighted by atomic mass is 9.89. The fraction of sp³-hybridized carbons (Fsp3) is 0.857. The van der Waals surface area contributed by atoms with Crippen LogP contribution in [0.5, 0.6) is 0 Å². The van der Waals surface area contributed by atoms with Crippen LogP contribution in [0.25, 0.3) is 0 Å². The van der Waals surface area contributed by atoms with Gasteiger partial charge in [-0.1, -0.05) is 18.6 Å². The second-order valence-electron chi connectivity index (χ2n) is 5.66. The summed E-state index contributed by atoms with van der Waals surface area (Å²) in [5, 5.41) is 9.69. The Bertz CT molecular complexity index is 294. The van der Waals surface area contributed by atoms with E-state index >= 15 is 0 Å². The molecule has 17 heavy (non-hydrogen) atoms. The highest BCUT2D eigenvalue weighted by Crippen LogP contribution is 2.40. The third-order valence-corrected chi connectivity index (χ3v) is 4.31. The monoisotopic (exact) mass is 238 g/mol. The number of rotatable bonds is 1. The van der Waals surface area contributed by atoms with Gasteiger partial charge in [0.25, 0.3) is 0 Å². The molecule has 96 valence electrons. The molecule has 0 aromatic heterocycles. The van der Waals surface area contributed by atoms with E-state index in [0.717, 1.165) is 25.7 Å². The molecule has 0 unspecified atom stereocenters. The van der Waals surface area contributed by atoms with Gasteiger partial charge in [0, 0.05) is 18.8 Å². The van der Waals surface area contributed by atoms with Gasteiger partial charge in [0.05, 0.1) is 18.8 Å². The van der Waals surface area contributed by atoms with Crippen molar-refractivity contribution in [3.05, 3.63) is 12.2 Å². The Hall–Kier alpha value is -0.380. The van der Waals surface area contributed by atoms with Crippen LogP contribution in [-0.4, -0.2) is 29.7 Å². The highest BCUT2D eigenvalue weighted by Gasteiger charge is 2.44. The Morgan fingerprint density at radius 3 is 2.76 bits per heavy atom. The Balaban J connectivity index is 1.63. The summed E-state index contributed by atoms with van der Waals surface area (Å²) in [6, 6.07) is 0. The molecule has 2 aliphatic carbocycles. The Kier molecular flexibility index (Phi) is 3.24. The van der Waals surface area contributed by atoms with E-state index in [-0.39, 0.29) is 18.0 Å². The first-order chi connectivity index (χ1) is 8.27. The van der Waals surface area contributed by atoms with Crippen LogP contribution >= 0.6 is 0 Å². The molecule has 2 fully saturated rings. The number of hydrogen-bond acceptors (Lipinski definition) is 3. The first-order valence-corrected chi connectivity index (χ1v) is 6.94. The van der Waals surface area contributed by atoms with Crippen LogP contribution in [0.15, 0.2) is 12.2 Å². The van der Waals surface area contributed by atoms with Crippen LogP contribution in [0.2, 0.25) is 0 Å². The van der Waals surface area contributed by atoms with E-state index in [2.05, 4.69) is 12.2 Å². The van der Waals surface area contributed by atoms with Crippen LogP contribution in [0.1, 0.15) is 44.9 Å². The van der Waals surface area contributed by atoms with Gasteiger partial charge in [0.15, 0.2) is 5.79 Å². The third kappa shape index (κ3) is 2.42. The van der Waals surface area contributed by atoms with Gasteiger partial charge in [-0.25, -0.2) is 0 Å². The van der Waals surface area contributed by atoms with Crippen molar-refractivity contribution in [2.75, 3.05) is 6.61 Å². The molecule has 1 heterocycles. The molecule has 3 heteroatoms. The molecule has 1 aliphatic heterocycles.